The number of hydrogen-bond donors (Lipinski definition) is 0. The predicted molar refractivity (Wildman–Crippen MR) is 69.6 cm³/mol. The molecule has 1 unspecified atom stereocenters. The number of rotatable bonds is 4. The zero-order valence-corrected chi connectivity index (χ0v) is 11.4. The molecule has 6 nitrogen and oxygen atoms in total. The van der Waals surface area contributed by atoms with Gasteiger partial charge in [-0.1, -0.05) is 0 Å². The number of nitriles is 1. The van der Waals surface area contributed by atoms with Crippen LogP contribution in [0, 0.1) is 34.2 Å². The first-order valence-electron chi connectivity index (χ1n) is 5.88. The lowest BCUT2D eigenvalue weighted by molar-refractivity contribution is -0.385. The van der Waals surface area contributed by atoms with Crippen molar-refractivity contribution in [3.05, 3.63) is 39.2 Å². The van der Waals surface area contributed by atoms with Gasteiger partial charge in [0.05, 0.1) is 23.0 Å². The average molecular weight is 279 g/mol. The molecule has 7 heteroatoms. The van der Waals surface area contributed by atoms with Crippen molar-refractivity contribution in [3.8, 4) is 6.07 Å². The van der Waals surface area contributed by atoms with Crippen molar-refractivity contribution >= 4 is 11.6 Å². The molecule has 0 bridgehead atoms. The smallest absolute Gasteiger partial charge is 0.276 e. The summed E-state index contributed by atoms with van der Waals surface area (Å²) in [4.78, 5) is 23.5. The molecule has 1 amide bonds. The number of halogens is 1. The second-order valence-corrected chi connectivity index (χ2v) is 4.49. The minimum atomic E-state index is -0.802. The normalized spacial score (nSPS) is 11.6. The largest absolute Gasteiger partial charge is 0.338 e. The summed E-state index contributed by atoms with van der Waals surface area (Å²) in [5, 5.41) is 19.4. The predicted octanol–water partition coefficient (Wildman–Crippen LogP) is 2.42. The van der Waals surface area contributed by atoms with Gasteiger partial charge in [0.15, 0.2) is 0 Å². The van der Waals surface area contributed by atoms with E-state index < -0.39 is 22.3 Å². The third-order valence-electron chi connectivity index (χ3n) is 3.13. The first-order chi connectivity index (χ1) is 9.29. The Bertz CT molecular complexity index is 595. The van der Waals surface area contributed by atoms with Crippen LogP contribution in [0.4, 0.5) is 10.1 Å². The molecule has 1 rings (SSSR count). The van der Waals surface area contributed by atoms with Crippen molar-refractivity contribution in [2.24, 2.45) is 0 Å². The minimum Gasteiger partial charge on any atom is -0.338 e. The lowest BCUT2D eigenvalue weighted by Crippen LogP contribution is -2.34. The molecule has 20 heavy (non-hydrogen) atoms. The SMILES string of the molecule is Cc1c(F)cc(C(=O)N(C)C(C)CC#N)cc1[N+](=O)[O-]. The van der Waals surface area contributed by atoms with Crippen molar-refractivity contribution in [2.75, 3.05) is 7.05 Å². The van der Waals surface area contributed by atoms with Crippen LogP contribution < -0.4 is 0 Å². The maximum Gasteiger partial charge on any atom is 0.276 e. The zero-order valence-electron chi connectivity index (χ0n) is 11.4. The first kappa shape index (κ1) is 15.6. The Labute approximate surface area is 115 Å². The van der Waals surface area contributed by atoms with E-state index in [1.807, 2.05) is 6.07 Å². The molecule has 0 heterocycles. The van der Waals surface area contributed by atoms with Crippen LogP contribution in [0.5, 0.6) is 0 Å². The lowest BCUT2D eigenvalue weighted by Gasteiger charge is -2.23. The van der Waals surface area contributed by atoms with Gasteiger partial charge in [0.2, 0.25) is 0 Å². The van der Waals surface area contributed by atoms with Gasteiger partial charge in [0, 0.05) is 24.7 Å². The van der Waals surface area contributed by atoms with Crippen LogP contribution in [0.3, 0.4) is 0 Å². The zero-order chi connectivity index (χ0) is 15.4. The Balaban J connectivity index is 3.18. The monoisotopic (exact) mass is 279 g/mol. The third-order valence-corrected chi connectivity index (χ3v) is 3.13. The van der Waals surface area contributed by atoms with E-state index in [1.165, 1.54) is 18.9 Å². The fraction of sp³-hybridized carbons (Fsp3) is 0.385. The number of carbonyl (C=O) groups excluding carboxylic acids is 1. The summed E-state index contributed by atoms with van der Waals surface area (Å²) in [6, 6.07) is 3.59. The molecule has 0 aromatic heterocycles. The number of hydrogen-bond acceptors (Lipinski definition) is 4. The molecular formula is C13H14FN3O3. The second-order valence-electron chi connectivity index (χ2n) is 4.49. The van der Waals surface area contributed by atoms with Gasteiger partial charge in [0.1, 0.15) is 5.82 Å². The summed E-state index contributed by atoms with van der Waals surface area (Å²) in [6.45, 7) is 2.95. The Morgan fingerprint density at radius 2 is 2.20 bits per heavy atom. The molecule has 0 aliphatic rings. The molecule has 1 aromatic carbocycles. The van der Waals surface area contributed by atoms with E-state index in [1.54, 1.807) is 6.92 Å². The Kier molecular flexibility index (Phi) is 4.75. The molecule has 0 spiro atoms. The van der Waals surface area contributed by atoms with Crippen LogP contribution in [0.2, 0.25) is 0 Å². The van der Waals surface area contributed by atoms with Crippen molar-refractivity contribution in [2.45, 2.75) is 26.3 Å². The van der Waals surface area contributed by atoms with E-state index in [0.717, 1.165) is 12.1 Å². The highest BCUT2D eigenvalue weighted by Crippen LogP contribution is 2.23. The van der Waals surface area contributed by atoms with E-state index in [4.69, 9.17) is 5.26 Å². The van der Waals surface area contributed by atoms with Gasteiger partial charge < -0.3 is 4.90 Å². The van der Waals surface area contributed by atoms with E-state index in [-0.39, 0.29) is 23.6 Å². The molecule has 1 atom stereocenters. The first-order valence-corrected chi connectivity index (χ1v) is 5.88. The summed E-state index contributed by atoms with van der Waals surface area (Å²) < 4.78 is 13.6. The molecule has 106 valence electrons. The molecule has 0 N–H and O–H groups in total. The molecule has 0 aliphatic heterocycles. The molecule has 0 radical (unpaired) electrons. The van der Waals surface area contributed by atoms with Crippen LogP contribution in [-0.4, -0.2) is 28.8 Å². The summed E-state index contributed by atoms with van der Waals surface area (Å²) in [6.07, 6.45) is 0.124. The average Bonchev–Trinajstić information content (AvgIpc) is 2.39. The van der Waals surface area contributed by atoms with Crippen molar-refractivity contribution in [3.63, 3.8) is 0 Å². The summed E-state index contributed by atoms with van der Waals surface area (Å²) in [7, 11) is 1.47. The van der Waals surface area contributed by atoms with Crippen LogP contribution in [-0.2, 0) is 0 Å². The highest BCUT2D eigenvalue weighted by molar-refractivity contribution is 5.95. The van der Waals surface area contributed by atoms with E-state index in [2.05, 4.69) is 0 Å². The van der Waals surface area contributed by atoms with Gasteiger partial charge in [0.25, 0.3) is 11.6 Å². The minimum absolute atomic E-state index is 0.105. The van der Waals surface area contributed by atoms with E-state index >= 15 is 0 Å². The van der Waals surface area contributed by atoms with Crippen molar-refractivity contribution in [1.29, 1.82) is 5.26 Å². The number of benzene rings is 1. The van der Waals surface area contributed by atoms with Crippen LogP contribution in [0.25, 0.3) is 0 Å². The maximum atomic E-state index is 13.6. The summed E-state index contributed by atoms with van der Waals surface area (Å²) >= 11 is 0. The highest BCUT2D eigenvalue weighted by atomic mass is 19.1. The van der Waals surface area contributed by atoms with Crippen LogP contribution in [0.15, 0.2) is 12.1 Å². The Morgan fingerprint density at radius 1 is 1.60 bits per heavy atom. The van der Waals surface area contributed by atoms with Gasteiger partial charge >= 0.3 is 0 Å². The van der Waals surface area contributed by atoms with Crippen molar-refractivity contribution < 1.29 is 14.1 Å². The summed E-state index contributed by atoms with van der Waals surface area (Å²) in [5.41, 5.74) is -0.652. The Hall–Kier alpha value is -2.49. The maximum absolute atomic E-state index is 13.6. The fourth-order valence-electron chi connectivity index (χ4n) is 1.65. The standard InChI is InChI=1S/C13H14FN3O3/c1-8(4-5-15)16(3)13(18)10-6-11(14)9(2)12(7-10)17(19)20/h6-8H,4H2,1-3H3. The number of amides is 1. The topological polar surface area (TPSA) is 87.2 Å². The Morgan fingerprint density at radius 3 is 2.70 bits per heavy atom. The number of nitro benzene ring substituents is 1. The van der Waals surface area contributed by atoms with Gasteiger partial charge in [-0.2, -0.15) is 5.26 Å². The van der Waals surface area contributed by atoms with Crippen molar-refractivity contribution in [1.82, 2.24) is 4.90 Å². The molecule has 0 aliphatic carbocycles. The van der Waals surface area contributed by atoms with Gasteiger partial charge in [-0.05, 0) is 19.9 Å². The van der Waals surface area contributed by atoms with Gasteiger partial charge in [-0.3, -0.25) is 14.9 Å². The summed E-state index contributed by atoms with van der Waals surface area (Å²) in [5.74, 6) is -1.36. The molecule has 1 aromatic rings. The van der Waals surface area contributed by atoms with E-state index in [0.29, 0.717) is 0 Å². The lowest BCUT2D eigenvalue weighted by atomic mass is 10.1. The van der Waals surface area contributed by atoms with Crippen LogP contribution in [0.1, 0.15) is 29.3 Å². The molecule has 0 saturated heterocycles. The van der Waals surface area contributed by atoms with Gasteiger partial charge in [-0.25, -0.2) is 4.39 Å². The van der Waals surface area contributed by atoms with Crippen LogP contribution >= 0.6 is 0 Å². The molecule has 0 fully saturated rings. The highest BCUT2D eigenvalue weighted by Gasteiger charge is 2.23. The number of carbonyl (C=O) groups is 1. The third kappa shape index (κ3) is 3.09. The van der Waals surface area contributed by atoms with E-state index in [9.17, 15) is 19.3 Å². The quantitative estimate of drug-likeness (QED) is 0.625. The van der Waals surface area contributed by atoms with Gasteiger partial charge in [-0.15, -0.1) is 0 Å². The second kappa shape index (κ2) is 6.10. The number of nitro groups is 1. The molecule has 0 saturated carbocycles. The molecular weight excluding hydrogens is 265 g/mol. The number of nitrogens with zero attached hydrogens (tertiary/aromatic N) is 3. The fourth-order valence-corrected chi connectivity index (χ4v) is 1.65.